The summed E-state index contributed by atoms with van der Waals surface area (Å²) in [7, 11) is 1.28. The van der Waals surface area contributed by atoms with E-state index < -0.39 is 5.97 Å². The molecule has 21 heavy (non-hydrogen) atoms. The molecule has 0 aromatic heterocycles. The minimum Gasteiger partial charge on any atom is -0.468 e. The molecule has 0 heterocycles. The second-order valence-electron chi connectivity index (χ2n) is 4.64. The van der Waals surface area contributed by atoms with Gasteiger partial charge in [-0.1, -0.05) is 23.2 Å². The maximum absolute atomic E-state index is 12.2. The number of carbonyl (C=O) groups is 2. The number of rotatable bonds is 5. The summed E-state index contributed by atoms with van der Waals surface area (Å²) in [6, 6.07) is 4.85. The van der Waals surface area contributed by atoms with Crippen LogP contribution in [0, 0.1) is 0 Å². The zero-order valence-electron chi connectivity index (χ0n) is 12.1. The Balaban J connectivity index is 2.88. The summed E-state index contributed by atoms with van der Waals surface area (Å²) in [6.07, 6.45) is 2.93. The van der Waals surface area contributed by atoms with Crippen molar-refractivity contribution >= 4 is 41.2 Å². The third kappa shape index (κ3) is 5.40. The highest BCUT2D eigenvalue weighted by atomic mass is 35.5. The van der Waals surface area contributed by atoms with Gasteiger partial charge in [0.1, 0.15) is 6.54 Å². The number of hydrogen-bond donors (Lipinski definition) is 0. The van der Waals surface area contributed by atoms with Gasteiger partial charge in [-0.25, -0.2) is 0 Å². The molecule has 0 saturated heterocycles. The van der Waals surface area contributed by atoms with Gasteiger partial charge in [0.25, 0.3) is 0 Å². The summed E-state index contributed by atoms with van der Waals surface area (Å²) < 4.78 is 4.58. The Hall–Kier alpha value is -1.52. The second kappa shape index (κ2) is 8.05. The van der Waals surface area contributed by atoms with E-state index in [1.54, 1.807) is 24.3 Å². The van der Waals surface area contributed by atoms with Gasteiger partial charge in [-0.05, 0) is 43.7 Å². The van der Waals surface area contributed by atoms with Crippen molar-refractivity contribution in [3.05, 3.63) is 39.9 Å². The Labute approximate surface area is 134 Å². The van der Waals surface area contributed by atoms with Crippen LogP contribution < -0.4 is 0 Å². The standard InChI is InChI=1S/C15H17Cl2NO3/c1-10(2)18(9-15(20)21-3)14(19)7-4-11-8-12(16)5-6-13(11)17/h4-8,10H,9H2,1-3H3/b7-4+. The largest absolute Gasteiger partial charge is 0.468 e. The van der Waals surface area contributed by atoms with E-state index in [4.69, 9.17) is 23.2 Å². The summed E-state index contributed by atoms with van der Waals surface area (Å²) in [5, 5.41) is 1.02. The van der Waals surface area contributed by atoms with Gasteiger partial charge >= 0.3 is 5.97 Å². The number of methoxy groups -OCH3 is 1. The number of esters is 1. The predicted molar refractivity (Wildman–Crippen MR) is 84.4 cm³/mol. The van der Waals surface area contributed by atoms with Crippen molar-refractivity contribution in [2.45, 2.75) is 19.9 Å². The highest BCUT2D eigenvalue weighted by Crippen LogP contribution is 2.21. The van der Waals surface area contributed by atoms with E-state index in [1.165, 1.54) is 18.1 Å². The summed E-state index contributed by atoms with van der Waals surface area (Å²) >= 11 is 11.9. The lowest BCUT2D eigenvalue weighted by molar-refractivity contribution is -0.146. The van der Waals surface area contributed by atoms with Crippen molar-refractivity contribution in [1.82, 2.24) is 4.90 Å². The minimum absolute atomic E-state index is 0.0966. The topological polar surface area (TPSA) is 46.6 Å². The quantitative estimate of drug-likeness (QED) is 0.614. The van der Waals surface area contributed by atoms with Crippen molar-refractivity contribution in [2.75, 3.05) is 13.7 Å². The van der Waals surface area contributed by atoms with Gasteiger partial charge in [-0.15, -0.1) is 0 Å². The third-order valence-corrected chi connectivity index (χ3v) is 3.38. The lowest BCUT2D eigenvalue weighted by Crippen LogP contribution is -2.40. The van der Waals surface area contributed by atoms with Crippen LogP contribution in [0.5, 0.6) is 0 Å². The van der Waals surface area contributed by atoms with Crippen molar-refractivity contribution in [3.8, 4) is 0 Å². The molecule has 4 nitrogen and oxygen atoms in total. The monoisotopic (exact) mass is 329 g/mol. The number of nitrogens with zero attached hydrogens (tertiary/aromatic N) is 1. The van der Waals surface area contributed by atoms with Crippen LogP contribution in [0.1, 0.15) is 19.4 Å². The Morgan fingerprint density at radius 1 is 1.33 bits per heavy atom. The lowest BCUT2D eigenvalue weighted by Gasteiger charge is -2.24. The molecule has 0 aliphatic rings. The molecule has 0 aliphatic carbocycles. The Morgan fingerprint density at radius 2 is 2.00 bits per heavy atom. The van der Waals surface area contributed by atoms with E-state index in [9.17, 15) is 9.59 Å². The molecular weight excluding hydrogens is 313 g/mol. The van der Waals surface area contributed by atoms with Gasteiger partial charge in [-0.3, -0.25) is 9.59 Å². The van der Waals surface area contributed by atoms with Crippen molar-refractivity contribution in [3.63, 3.8) is 0 Å². The van der Waals surface area contributed by atoms with Crippen LogP contribution >= 0.6 is 23.2 Å². The first-order chi connectivity index (χ1) is 9.85. The number of hydrogen-bond acceptors (Lipinski definition) is 3. The van der Waals surface area contributed by atoms with E-state index in [1.807, 2.05) is 13.8 Å². The molecule has 0 bridgehead atoms. The average molecular weight is 330 g/mol. The molecule has 0 aliphatic heterocycles. The lowest BCUT2D eigenvalue weighted by atomic mass is 10.2. The molecule has 6 heteroatoms. The summed E-state index contributed by atoms with van der Waals surface area (Å²) in [6.45, 7) is 3.54. The van der Waals surface area contributed by atoms with Crippen molar-refractivity contribution in [2.24, 2.45) is 0 Å². The van der Waals surface area contributed by atoms with E-state index in [-0.39, 0.29) is 18.5 Å². The van der Waals surface area contributed by atoms with Crippen LogP contribution in [-0.4, -0.2) is 36.5 Å². The predicted octanol–water partition coefficient (Wildman–Crippen LogP) is 3.42. The molecule has 0 spiro atoms. The molecule has 1 rings (SSSR count). The molecule has 1 amide bonds. The first-order valence-electron chi connectivity index (χ1n) is 6.35. The average Bonchev–Trinajstić information content (AvgIpc) is 2.44. The number of halogens is 2. The smallest absolute Gasteiger partial charge is 0.325 e. The van der Waals surface area contributed by atoms with Crippen LogP contribution in [-0.2, 0) is 14.3 Å². The van der Waals surface area contributed by atoms with Crippen LogP contribution in [0.4, 0.5) is 0 Å². The SMILES string of the molecule is COC(=O)CN(C(=O)/C=C/c1cc(Cl)ccc1Cl)C(C)C. The van der Waals surface area contributed by atoms with E-state index in [0.717, 1.165) is 0 Å². The zero-order chi connectivity index (χ0) is 16.0. The van der Waals surface area contributed by atoms with E-state index in [2.05, 4.69) is 4.74 Å². The summed E-state index contributed by atoms with van der Waals surface area (Å²) in [4.78, 5) is 24.9. The van der Waals surface area contributed by atoms with E-state index >= 15 is 0 Å². The number of carbonyl (C=O) groups excluding carboxylic acids is 2. The Morgan fingerprint density at radius 3 is 2.57 bits per heavy atom. The molecule has 114 valence electrons. The number of amides is 1. The van der Waals surface area contributed by atoms with Gasteiger partial charge in [0, 0.05) is 22.2 Å². The van der Waals surface area contributed by atoms with Crippen LogP contribution in [0.15, 0.2) is 24.3 Å². The van der Waals surface area contributed by atoms with Crippen molar-refractivity contribution < 1.29 is 14.3 Å². The van der Waals surface area contributed by atoms with Crippen LogP contribution in [0.3, 0.4) is 0 Å². The van der Waals surface area contributed by atoms with Gasteiger partial charge in [0.15, 0.2) is 0 Å². The molecule has 1 aromatic rings. The van der Waals surface area contributed by atoms with Gasteiger partial charge < -0.3 is 9.64 Å². The molecule has 0 saturated carbocycles. The van der Waals surface area contributed by atoms with Gasteiger partial charge in [0.05, 0.1) is 7.11 Å². The maximum atomic E-state index is 12.2. The molecule has 0 fully saturated rings. The second-order valence-corrected chi connectivity index (χ2v) is 5.48. The highest BCUT2D eigenvalue weighted by molar-refractivity contribution is 6.34. The first kappa shape index (κ1) is 17.5. The molecule has 1 aromatic carbocycles. The van der Waals surface area contributed by atoms with Gasteiger partial charge in [-0.2, -0.15) is 0 Å². The Kier molecular flexibility index (Phi) is 6.72. The fourth-order valence-electron chi connectivity index (χ4n) is 1.62. The fourth-order valence-corrected chi connectivity index (χ4v) is 1.98. The molecule has 0 radical (unpaired) electrons. The number of benzene rings is 1. The Bertz CT molecular complexity index is 556. The minimum atomic E-state index is -0.466. The maximum Gasteiger partial charge on any atom is 0.325 e. The molecular formula is C15H17Cl2NO3. The first-order valence-corrected chi connectivity index (χ1v) is 7.11. The molecule has 0 atom stereocenters. The molecule has 0 unspecified atom stereocenters. The van der Waals surface area contributed by atoms with E-state index in [0.29, 0.717) is 15.6 Å². The third-order valence-electron chi connectivity index (χ3n) is 2.80. The number of ether oxygens (including phenoxy) is 1. The molecule has 0 N–H and O–H groups in total. The van der Waals surface area contributed by atoms with Crippen LogP contribution in [0.2, 0.25) is 10.0 Å². The normalized spacial score (nSPS) is 11.0. The summed E-state index contributed by atoms with van der Waals surface area (Å²) in [5.74, 6) is -0.766. The fraction of sp³-hybridized carbons (Fsp3) is 0.333. The van der Waals surface area contributed by atoms with Crippen LogP contribution in [0.25, 0.3) is 6.08 Å². The van der Waals surface area contributed by atoms with Gasteiger partial charge in [0.2, 0.25) is 5.91 Å². The zero-order valence-corrected chi connectivity index (χ0v) is 13.6. The van der Waals surface area contributed by atoms with Crippen molar-refractivity contribution in [1.29, 1.82) is 0 Å². The highest BCUT2D eigenvalue weighted by Gasteiger charge is 2.18. The summed E-state index contributed by atoms with van der Waals surface area (Å²) in [5.41, 5.74) is 0.638.